The Morgan fingerprint density at radius 3 is 2.45 bits per heavy atom. The minimum absolute atomic E-state index is 0.105. The molecule has 4 N–H and O–H groups in total. The average Bonchev–Trinajstić information content (AvgIpc) is 3.20. The van der Waals surface area contributed by atoms with E-state index in [0.29, 0.717) is 12.0 Å². The summed E-state index contributed by atoms with van der Waals surface area (Å²) in [6.07, 6.45) is 6.22. The number of urea groups is 1. The molecule has 0 atom stereocenters. The van der Waals surface area contributed by atoms with E-state index in [4.69, 9.17) is 9.73 Å². The number of rotatable bonds is 11. The number of anilines is 1. The molecule has 31 heavy (non-hydrogen) atoms. The maximum absolute atomic E-state index is 11.8. The van der Waals surface area contributed by atoms with Crippen LogP contribution in [0.4, 0.5) is 10.5 Å². The van der Waals surface area contributed by atoms with Gasteiger partial charge in [-0.2, -0.15) is 0 Å². The van der Waals surface area contributed by atoms with Crippen LogP contribution >= 0.6 is 0 Å². The Morgan fingerprint density at radius 2 is 1.84 bits per heavy atom. The molecule has 0 aromatic heterocycles. The van der Waals surface area contributed by atoms with Crippen LogP contribution in [0.25, 0.3) is 0 Å². The summed E-state index contributed by atoms with van der Waals surface area (Å²) < 4.78 is 5.63. The van der Waals surface area contributed by atoms with E-state index in [0.717, 1.165) is 49.9 Å². The van der Waals surface area contributed by atoms with E-state index < -0.39 is 0 Å². The van der Waals surface area contributed by atoms with Crippen LogP contribution in [0, 0.1) is 5.41 Å². The predicted molar refractivity (Wildman–Crippen MR) is 129 cm³/mol. The third kappa shape index (κ3) is 9.17. The Morgan fingerprint density at radius 1 is 1.13 bits per heavy atom. The second-order valence-electron chi connectivity index (χ2n) is 8.65. The highest BCUT2D eigenvalue weighted by molar-refractivity contribution is 5.89. The van der Waals surface area contributed by atoms with Gasteiger partial charge < -0.3 is 26.0 Å². The van der Waals surface area contributed by atoms with Crippen molar-refractivity contribution in [3.05, 3.63) is 29.8 Å². The molecule has 0 saturated heterocycles. The van der Waals surface area contributed by atoms with Gasteiger partial charge in [0.05, 0.1) is 6.54 Å². The first kappa shape index (κ1) is 25.0. The molecule has 2 rings (SSSR count). The third-order valence-electron chi connectivity index (χ3n) is 5.67. The number of guanidine groups is 1. The van der Waals surface area contributed by atoms with Crippen LogP contribution in [-0.2, 0) is 11.3 Å². The first-order valence-electron chi connectivity index (χ1n) is 11.7. The smallest absolute Gasteiger partial charge is 0.319 e. The minimum atomic E-state index is -0.190. The number of nitrogens with zero attached hydrogens (tertiary/aromatic N) is 1. The van der Waals surface area contributed by atoms with Crippen LogP contribution in [0.1, 0.15) is 65.4 Å². The summed E-state index contributed by atoms with van der Waals surface area (Å²) >= 11 is 0. The number of benzene rings is 1. The van der Waals surface area contributed by atoms with Crippen LogP contribution in [0.3, 0.4) is 0 Å². The highest BCUT2D eigenvalue weighted by Gasteiger charge is 2.33. The number of ether oxygens (including phenoxy) is 1. The van der Waals surface area contributed by atoms with E-state index in [1.165, 1.54) is 25.7 Å². The van der Waals surface area contributed by atoms with Crippen LogP contribution in [0.5, 0.6) is 0 Å². The fourth-order valence-electron chi connectivity index (χ4n) is 3.98. The quantitative estimate of drug-likeness (QED) is 0.240. The molecule has 1 aromatic rings. The Balaban J connectivity index is 1.90. The van der Waals surface area contributed by atoms with Crippen molar-refractivity contribution in [2.75, 3.05) is 31.6 Å². The zero-order valence-electron chi connectivity index (χ0n) is 19.7. The summed E-state index contributed by atoms with van der Waals surface area (Å²) in [4.78, 5) is 16.6. The fraction of sp³-hybridized carbons (Fsp3) is 0.667. The third-order valence-corrected chi connectivity index (χ3v) is 5.67. The lowest BCUT2D eigenvalue weighted by Gasteiger charge is -2.30. The highest BCUT2D eigenvalue weighted by atomic mass is 16.5. The molecule has 1 saturated carbocycles. The normalized spacial score (nSPS) is 15.7. The molecule has 1 aliphatic rings. The number of carbonyl (C=O) groups is 1. The number of nitrogens with one attached hydrogen (secondary N) is 4. The van der Waals surface area contributed by atoms with Gasteiger partial charge in [-0.3, -0.25) is 0 Å². The van der Waals surface area contributed by atoms with Gasteiger partial charge in [-0.25, -0.2) is 9.79 Å². The number of carbonyl (C=O) groups excluding carboxylic acids is 1. The summed E-state index contributed by atoms with van der Waals surface area (Å²) in [5.41, 5.74) is 2.18. The number of hydrogen-bond acceptors (Lipinski definition) is 3. The van der Waals surface area contributed by atoms with Gasteiger partial charge >= 0.3 is 6.03 Å². The summed E-state index contributed by atoms with van der Waals surface area (Å²) in [5, 5.41) is 12.6. The summed E-state index contributed by atoms with van der Waals surface area (Å²) in [5.74, 6) is 0.851. The first-order valence-corrected chi connectivity index (χ1v) is 11.7. The standard InChI is InChI=1S/C24H41N5O2/c1-5-25-22(27-18-24(13-7-8-14-24)15-16-31-6-2)26-17-20-9-11-21(12-10-20)29-23(30)28-19(3)4/h9-12,19H,5-8,13-18H2,1-4H3,(H2,25,26,27)(H2,28,29,30). The lowest BCUT2D eigenvalue weighted by molar-refractivity contribution is 0.105. The van der Waals surface area contributed by atoms with E-state index in [1.807, 2.05) is 38.1 Å². The lowest BCUT2D eigenvalue weighted by Crippen LogP contribution is -2.43. The van der Waals surface area contributed by atoms with Crippen molar-refractivity contribution in [1.29, 1.82) is 0 Å². The molecule has 7 heteroatoms. The van der Waals surface area contributed by atoms with Gasteiger partial charge in [-0.05, 0) is 70.1 Å². The van der Waals surface area contributed by atoms with Crippen LogP contribution < -0.4 is 21.3 Å². The van der Waals surface area contributed by atoms with Gasteiger partial charge in [0.1, 0.15) is 0 Å². The van der Waals surface area contributed by atoms with Gasteiger partial charge in [0, 0.05) is 38.0 Å². The monoisotopic (exact) mass is 431 g/mol. The van der Waals surface area contributed by atoms with Crippen molar-refractivity contribution < 1.29 is 9.53 Å². The minimum Gasteiger partial charge on any atom is -0.382 e. The predicted octanol–water partition coefficient (Wildman–Crippen LogP) is 4.26. The SMILES string of the molecule is CCNC(=NCc1ccc(NC(=O)NC(C)C)cc1)NCC1(CCOCC)CCCC1. The summed E-state index contributed by atoms with van der Waals surface area (Å²) in [6.45, 7) is 12.0. The van der Waals surface area contributed by atoms with Crippen molar-refractivity contribution in [3.63, 3.8) is 0 Å². The van der Waals surface area contributed by atoms with Crippen molar-refractivity contribution in [1.82, 2.24) is 16.0 Å². The van der Waals surface area contributed by atoms with Crippen LogP contribution in [0.2, 0.25) is 0 Å². The topological polar surface area (TPSA) is 86.8 Å². The molecule has 0 spiro atoms. The highest BCUT2D eigenvalue weighted by Crippen LogP contribution is 2.40. The van der Waals surface area contributed by atoms with Crippen LogP contribution in [-0.4, -0.2) is 44.3 Å². The van der Waals surface area contributed by atoms with Crippen molar-refractivity contribution in [2.45, 2.75) is 72.4 Å². The van der Waals surface area contributed by atoms with E-state index in [2.05, 4.69) is 35.1 Å². The molecule has 7 nitrogen and oxygen atoms in total. The summed E-state index contributed by atoms with van der Waals surface area (Å²) in [7, 11) is 0. The number of aliphatic imine (C=N–C) groups is 1. The summed E-state index contributed by atoms with van der Waals surface area (Å²) in [6, 6.07) is 7.73. The van der Waals surface area contributed by atoms with Crippen LogP contribution in [0.15, 0.2) is 29.3 Å². The van der Waals surface area contributed by atoms with Gasteiger partial charge in [-0.1, -0.05) is 25.0 Å². The number of amides is 2. The van der Waals surface area contributed by atoms with Gasteiger partial charge in [0.25, 0.3) is 0 Å². The van der Waals surface area contributed by atoms with Gasteiger partial charge in [0.15, 0.2) is 5.96 Å². The maximum Gasteiger partial charge on any atom is 0.319 e. The molecule has 174 valence electrons. The average molecular weight is 432 g/mol. The number of hydrogen-bond donors (Lipinski definition) is 4. The largest absolute Gasteiger partial charge is 0.382 e. The molecule has 0 heterocycles. The Labute approximate surface area is 187 Å². The fourth-order valence-corrected chi connectivity index (χ4v) is 3.98. The van der Waals surface area contributed by atoms with E-state index in [9.17, 15) is 4.79 Å². The molecule has 1 aliphatic carbocycles. The molecule has 0 radical (unpaired) electrons. The van der Waals surface area contributed by atoms with Crippen molar-refractivity contribution in [2.24, 2.45) is 10.4 Å². The van der Waals surface area contributed by atoms with E-state index >= 15 is 0 Å². The molecule has 0 unspecified atom stereocenters. The molecule has 0 aliphatic heterocycles. The van der Waals surface area contributed by atoms with E-state index in [-0.39, 0.29) is 12.1 Å². The Kier molecular flexibility index (Phi) is 10.6. The second kappa shape index (κ2) is 13.2. The Hall–Kier alpha value is -2.28. The molecule has 0 bridgehead atoms. The van der Waals surface area contributed by atoms with E-state index in [1.54, 1.807) is 0 Å². The first-order chi connectivity index (χ1) is 15.0. The zero-order chi connectivity index (χ0) is 22.5. The second-order valence-corrected chi connectivity index (χ2v) is 8.65. The molecule has 1 aromatic carbocycles. The van der Waals surface area contributed by atoms with Gasteiger partial charge in [-0.15, -0.1) is 0 Å². The molecule has 2 amide bonds. The zero-order valence-corrected chi connectivity index (χ0v) is 19.7. The lowest BCUT2D eigenvalue weighted by atomic mass is 9.83. The van der Waals surface area contributed by atoms with Gasteiger partial charge in [0.2, 0.25) is 0 Å². The van der Waals surface area contributed by atoms with Crippen molar-refractivity contribution in [3.8, 4) is 0 Å². The Bertz CT molecular complexity index is 682. The molecular weight excluding hydrogens is 390 g/mol. The maximum atomic E-state index is 11.8. The van der Waals surface area contributed by atoms with Crippen molar-refractivity contribution >= 4 is 17.7 Å². The molecule has 1 fully saturated rings. The molecular formula is C24H41N5O2.